The average Bonchev–Trinajstić information content (AvgIpc) is 2.34. The minimum atomic E-state index is -0.626. The second kappa shape index (κ2) is 8.08. The minimum absolute atomic E-state index is 0.211. The molecule has 4 nitrogen and oxygen atoms in total. The Morgan fingerprint density at radius 2 is 1.82 bits per heavy atom. The van der Waals surface area contributed by atoms with Crippen molar-refractivity contribution in [3.8, 4) is 0 Å². The van der Waals surface area contributed by atoms with Gasteiger partial charge in [0.1, 0.15) is 11.6 Å². The van der Waals surface area contributed by atoms with Gasteiger partial charge in [-0.1, -0.05) is 13.8 Å². The molecule has 0 heterocycles. The van der Waals surface area contributed by atoms with Crippen molar-refractivity contribution in [2.45, 2.75) is 39.7 Å². The van der Waals surface area contributed by atoms with E-state index in [0.29, 0.717) is 24.9 Å². The third kappa shape index (κ3) is 7.36. The molecule has 2 amide bonds. The first kappa shape index (κ1) is 18.4. The zero-order chi connectivity index (χ0) is 16.8. The first-order chi connectivity index (χ1) is 10.2. The molecule has 0 bridgehead atoms. The van der Waals surface area contributed by atoms with E-state index in [1.54, 1.807) is 6.92 Å². The van der Waals surface area contributed by atoms with Crippen molar-refractivity contribution in [3.63, 3.8) is 0 Å². The summed E-state index contributed by atoms with van der Waals surface area (Å²) in [6, 6.07) is 2.96. The van der Waals surface area contributed by atoms with E-state index < -0.39 is 17.7 Å². The predicted molar refractivity (Wildman–Crippen MR) is 81.5 cm³/mol. The highest BCUT2D eigenvalue weighted by Gasteiger charge is 2.20. The molecule has 1 aromatic carbocycles. The van der Waals surface area contributed by atoms with E-state index in [1.165, 1.54) is 12.1 Å². The molecule has 0 saturated carbocycles. The molecule has 0 aliphatic heterocycles. The molecule has 0 fully saturated rings. The van der Waals surface area contributed by atoms with Crippen LogP contribution in [0.25, 0.3) is 0 Å². The van der Waals surface area contributed by atoms with Gasteiger partial charge in [0.15, 0.2) is 0 Å². The maximum Gasteiger partial charge on any atom is 0.314 e. The number of hydrogen-bond acceptors (Lipinski definition) is 2. The average molecular weight is 314 g/mol. The zero-order valence-corrected chi connectivity index (χ0v) is 13.2. The third-order valence-electron chi connectivity index (χ3n) is 3.20. The Kier molecular flexibility index (Phi) is 6.74. The highest BCUT2D eigenvalue weighted by Crippen LogP contribution is 2.20. The summed E-state index contributed by atoms with van der Waals surface area (Å²) in [5.41, 5.74) is 0.282. The zero-order valence-electron chi connectivity index (χ0n) is 13.2. The fourth-order valence-electron chi connectivity index (χ4n) is 2.33. The Morgan fingerprint density at radius 3 is 2.36 bits per heavy atom. The number of nitrogens with one attached hydrogen (secondary N) is 2. The molecule has 22 heavy (non-hydrogen) atoms. The van der Waals surface area contributed by atoms with Crippen LogP contribution in [0.4, 0.5) is 13.6 Å². The predicted octanol–water partition coefficient (Wildman–Crippen LogP) is 2.60. The molecule has 0 aliphatic rings. The maximum atomic E-state index is 13.0. The van der Waals surface area contributed by atoms with Crippen LogP contribution in [-0.2, 0) is 6.42 Å². The van der Waals surface area contributed by atoms with Crippen LogP contribution in [0.3, 0.4) is 0 Å². The van der Waals surface area contributed by atoms with Crippen molar-refractivity contribution in [2.24, 2.45) is 5.41 Å². The molecule has 3 N–H and O–H groups in total. The van der Waals surface area contributed by atoms with E-state index in [0.717, 1.165) is 6.07 Å². The SMILES string of the molecule is CC(O)CC(C)(C)CNC(=O)NCCc1cc(F)cc(F)c1. The summed E-state index contributed by atoms with van der Waals surface area (Å²) >= 11 is 0. The van der Waals surface area contributed by atoms with Crippen molar-refractivity contribution < 1.29 is 18.7 Å². The molecule has 124 valence electrons. The molecular formula is C16H24F2N2O2. The molecule has 0 spiro atoms. The second-order valence-corrected chi connectivity index (χ2v) is 6.35. The lowest BCUT2D eigenvalue weighted by molar-refractivity contribution is 0.129. The van der Waals surface area contributed by atoms with Gasteiger partial charge in [0.05, 0.1) is 6.10 Å². The number of rotatable bonds is 7. The lowest BCUT2D eigenvalue weighted by Crippen LogP contribution is -2.42. The van der Waals surface area contributed by atoms with Gasteiger partial charge in [0, 0.05) is 19.2 Å². The van der Waals surface area contributed by atoms with E-state index in [-0.39, 0.29) is 18.0 Å². The number of carbonyl (C=O) groups excluding carboxylic acids is 1. The lowest BCUT2D eigenvalue weighted by atomic mass is 9.87. The van der Waals surface area contributed by atoms with Crippen LogP contribution in [-0.4, -0.2) is 30.3 Å². The standard InChI is InChI=1S/C16H24F2N2O2/c1-11(21)9-16(2,3)10-20-15(22)19-5-4-12-6-13(17)8-14(18)7-12/h6-8,11,21H,4-5,9-10H2,1-3H3,(H2,19,20,22). The molecule has 0 aromatic heterocycles. The molecule has 6 heteroatoms. The summed E-state index contributed by atoms with van der Waals surface area (Å²) in [6.07, 6.45) is 0.498. The molecule has 1 atom stereocenters. The van der Waals surface area contributed by atoms with Crippen molar-refractivity contribution in [1.29, 1.82) is 0 Å². The molecule has 0 aliphatic carbocycles. The summed E-state index contributed by atoms with van der Waals surface area (Å²) in [6.45, 7) is 6.33. The van der Waals surface area contributed by atoms with Crippen molar-refractivity contribution in [3.05, 3.63) is 35.4 Å². The topological polar surface area (TPSA) is 61.4 Å². The molecule has 0 saturated heterocycles. The summed E-state index contributed by atoms with van der Waals surface area (Å²) < 4.78 is 26.0. The number of halogens is 2. The Morgan fingerprint density at radius 1 is 1.23 bits per heavy atom. The van der Waals surface area contributed by atoms with E-state index in [2.05, 4.69) is 10.6 Å². The van der Waals surface area contributed by atoms with Crippen LogP contribution >= 0.6 is 0 Å². The lowest BCUT2D eigenvalue weighted by Gasteiger charge is -2.26. The third-order valence-corrected chi connectivity index (χ3v) is 3.20. The number of urea groups is 1. The van der Waals surface area contributed by atoms with Crippen LogP contribution in [0.1, 0.15) is 32.8 Å². The highest BCUT2D eigenvalue weighted by molar-refractivity contribution is 5.73. The summed E-state index contributed by atoms with van der Waals surface area (Å²) in [5, 5.41) is 14.7. The number of hydrogen-bond donors (Lipinski definition) is 3. The van der Waals surface area contributed by atoms with E-state index in [4.69, 9.17) is 0 Å². The normalized spacial score (nSPS) is 12.8. The smallest absolute Gasteiger partial charge is 0.314 e. The van der Waals surface area contributed by atoms with Gasteiger partial charge in [-0.3, -0.25) is 0 Å². The monoisotopic (exact) mass is 314 g/mol. The van der Waals surface area contributed by atoms with Gasteiger partial charge in [0.25, 0.3) is 0 Å². The van der Waals surface area contributed by atoms with Crippen LogP contribution in [0.15, 0.2) is 18.2 Å². The summed E-state index contributed by atoms with van der Waals surface area (Å²) in [7, 11) is 0. The Bertz CT molecular complexity index is 485. The van der Waals surface area contributed by atoms with Crippen LogP contribution < -0.4 is 10.6 Å². The number of aliphatic hydroxyl groups excluding tert-OH is 1. The summed E-state index contributed by atoms with van der Waals surface area (Å²) in [4.78, 5) is 11.7. The molecule has 1 unspecified atom stereocenters. The second-order valence-electron chi connectivity index (χ2n) is 6.35. The first-order valence-corrected chi connectivity index (χ1v) is 7.33. The Balaban J connectivity index is 2.31. The van der Waals surface area contributed by atoms with Crippen molar-refractivity contribution in [2.75, 3.05) is 13.1 Å². The molecule has 0 radical (unpaired) electrons. The van der Waals surface area contributed by atoms with Gasteiger partial charge in [-0.15, -0.1) is 0 Å². The van der Waals surface area contributed by atoms with E-state index in [1.807, 2.05) is 13.8 Å². The summed E-state index contributed by atoms with van der Waals surface area (Å²) in [5.74, 6) is -1.25. The minimum Gasteiger partial charge on any atom is -0.393 e. The van der Waals surface area contributed by atoms with Gasteiger partial charge >= 0.3 is 6.03 Å². The number of amides is 2. The Hall–Kier alpha value is -1.69. The van der Waals surface area contributed by atoms with Gasteiger partial charge in [-0.25, -0.2) is 13.6 Å². The molecule has 1 aromatic rings. The van der Waals surface area contributed by atoms with Crippen molar-refractivity contribution >= 4 is 6.03 Å². The number of aliphatic hydroxyl groups is 1. The molecular weight excluding hydrogens is 290 g/mol. The van der Waals surface area contributed by atoms with E-state index in [9.17, 15) is 18.7 Å². The quantitative estimate of drug-likeness (QED) is 0.724. The van der Waals surface area contributed by atoms with Crippen LogP contribution in [0.2, 0.25) is 0 Å². The van der Waals surface area contributed by atoms with Crippen LogP contribution in [0.5, 0.6) is 0 Å². The van der Waals surface area contributed by atoms with Gasteiger partial charge in [0.2, 0.25) is 0 Å². The fourth-order valence-corrected chi connectivity index (χ4v) is 2.33. The maximum absolute atomic E-state index is 13.0. The van der Waals surface area contributed by atoms with Gasteiger partial charge in [-0.05, 0) is 42.9 Å². The van der Waals surface area contributed by atoms with E-state index >= 15 is 0 Å². The molecule has 1 rings (SSSR count). The number of benzene rings is 1. The van der Waals surface area contributed by atoms with Crippen molar-refractivity contribution in [1.82, 2.24) is 10.6 Å². The number of carbonyl (C=O) groups is 1. The largest absolute Gasteiger partial charge is 0.393 e. The Labute approximate surface area is 129 Å². The fraction of sp³-hybridized carbons (Fsp3) is 0.562. The first-order valence-electron chi connectivity index (χ1n) is 7.33. The highest BCUT2D eigenvalue weighted by atomic mass is 19.1. The van der Waals surface area contributed by atoms with Gasteiger partial charge in [-0.2, -0.15) is 0 Å². The van der Waals surface area contributed by atoms with Crippen LogP contribution in [0, 0.1) is 17.0 Å². The van der Waals surface area contributed by atoms with Gasteiger partial charge < -0.3 is 15.7 Å².